The van der Waals surface area contributed by atoms with Crippen LogP contribution in [0, 0.1) is 0 Å². The van der Waals surface area contributed by atoms with Gasteiger partial charge < -0.3 is 9.88 Å². The minimum Gasteiger partial charge on any atom is -0.347 e. The monoisotopic (exact) mass is 298 g/mol. The summed E-state index contributed by atoms with van der Waals surface area (Å²) in [5, 5.41) is 4.79. The zero-order valence-electron chi connectivity index (χ0n) is 10.4. The minimum atomic E-state index is -2.97. The van der Waals surface area contributed by atoms with Gasteiger partial charge in [-0.1, -0.05) is 0 Å². The number of carbonyl (C=O) groups excluding carboxylic acids is 1. The average molecular weight is 298 g/mol. The first-order valence-electron chi connectivity index (χ1n) is 6.00. The molecule has 1 aliphatic rings. The van der Waals surface area contributed by atoms with Gasteiger partial charge in [-0.15, -0.1) is 11.3 Å². The van der Waals surface area contributed by atoms with Crippen molar-refractivity contribution < 1.29 is 13.2 Å². The van der Waals surface area contributed by atoms with Gasteiger partial charge in [0.05, 0.1) is 21.7 Å². The number of fused-ring (bicyclic) bond motifs is 1. The number of aromatic nitrogens is 1. The highest BCUT2D eigenvalue weighted by Crippen LogP contribution is 2.24. The van der Waals surface area contributed by atoms with Crippen LogP contribution in [0.5, 0.6) is 0 Å². The first kappa shape index (κ1) is 12.7. The summed E-state index contributed by atoms with van der Waals surface area (Å²) in [6.45, 7) is 0. The van der Waals surface area contributed by atoms with Crippen LogP contribution in [0.25, 0.3) is 10.2 Å². The van der Waals surface area contributed by atoms with Crippen molar-refractivity contribution in [2.75, 3.05) is 11.5 Å². The van der Waals surface area contributed by atoms with Crippen molar-refractivity contribution in [3.8, 4) is 0 Å². The smallest absolute Gasteiger partial charge is 0.268 e. The second-order valence-electron chi connectivity index (χ2n) is 4.83. The van der Waals surface area contributed by atoms with Gasteiger partial charge in [-0.3, -0.25) is 4.79 Å². The van der Waals surface area contributed by atoms with Crippen LogP contribution in [0.3, 0.4) is 0 Å². The largest absolute Gasteiger partial charge is 0.347 e. The molecule has 1 atom stereocenters. The third-order valence-electron chi connectivity index (χ3n) is 3.46. The van der Waals surface area contributed by atoms with Crippen molar-refractivity contribution in [2.45, 2.75) is 12.5 Å². The molecule has 1 fully saturated rings. The van der Waals surface area contributed by atoms with E-state index in [1.165, 1.54) is 0 Å². The van der Waals surface area contributed by atoms with Crippen molar-refractivity contribution in [1.82, 2.24) is 9.88 Å². The molecule has 102 valence electrons. The van der Waals surface area contributed by atoms with Gasteiger partial charge in [0.15, 0.2) is 9.84 Å². The second kappa shape index (κ2) is 4.35. The first-order chi connectivity index (χ1) is 8.96. The molecule has 0 spiro atoms. The molecule has 1 saturated heterocycles. The van der Waals surface area contributed by atoms with E-state index in [9.17, 15) is 13.2 Å². The summed E-state index contributed by atoms with van der Waals surface area (Å²) in [6.07, 6.45) is 0.507. The Morgan fingerprint density at radius 3 is 2.95 bits per heavy atom. The number of nitrogens with zero attached hydrogens (tertiary/aromatic N) is 1. The van der Waals surface area contributed by atoms with Gasteiger partial charge in [0, 0.05) is 13.1 Å². The quantitative estimate of drug-likeness (QED) is 0.904. The summed E-state index contributed by atoms with van der Waals surface area (Å²) in [5.74, 6) is 0.0190. The molecular weight excluding hydrogens is 284 g/mol. The highest BCUT2D eigenvalue weighted by molar-refractivity contribution is 7.91. The molecule has 3 rings (SSSR count). The van der Waals surface area contributed by atoms with Crippen molar-refractivity contribution in [2.24, 2.45) is 7.05 Å². The number of thiophene rings is 1. The number of rotatable bonds is 2. The number of carbonyl (C=O) groups is 1. The Kier molecular flexibility index (Phi) is 2.90. The van der Waals surface area contributed by atoms with Crippen LogP contribution in [0.2, 0.25) is 0 Å². The van der Waals surface area contributed by atoms with E-state index in [1.807, 2.05) is 29.1 Å². The molecule has 0 radical (unpaired) electrons. The van der Waals surface area contributed by atoms with E-state index in [2.05, 4.69) is 5.32 Å². The van der Waals surface area contributed by atoms with E-state index in [0.717, 1.165) is 10.2 Å². The third-order valence-corrected chi connectivity index (χ3v) is 6.09. The van der Waals surface area contributed by atoms with Gasteiger partial charge in [-0.25, -0.2) is 8.42 Å². The fraction of sp³-hybridized carbons (Fsp3) is 0.417. The lowest BCUT2D eigenvalue weighted by molar-refractivity contribution is 0.0933. The Bertz CT molecular complexity index is 742. The van der Waals surface area contributed by atoms with Gasteiger partial charge >= 0.3 is 0 Å². The molecule has 0 unspecified atom stereocenters. The predicted octanol–water partition coefficient (Wildman–Crippen LogP) is 1.16. The molecule has 0 aliphatic carbocycles. The van der Waals surface area contributed by atoms with Crippen molar-refractivity contribution in [1.29, 1.82) is 0 Å². The maximum absolute atomic E-state index is 12.2. The zero-order valence-corrected chi connectivity index (χ0v) is 12.1. The maximum Gasteiger partial charge on any atom is 0.268 e. The number of hydrogen-bond donors (Lipinski definition) is 1. The summed E-state index contributed by atoms with van der Waals surface area (Å²) in [6, 6.07) is 3.56. The second-order valence-corrected chi connectivity index (χ2v) is 8.01. The first-order valence-corrected chi connectivity index (χ1v) is 8.70. The van der Waals surface area contributed by atoms with Crippen LogP contribution in [-0.4, -0.2) is 36.4 Å². The Morgan fingerprint density at radius 2 is 2.32 bits per heavy atom. The van der Waals surface area contributed by atoms with E-state index < -0.39 is 9.84 Å². The predicted molar refractivity (Wildman–Crippen MR) is 75.3 cm³/mol. The zero-order chi connectivity index (χ0) is 13.6. The number of aryl methyl sites for hydroxylation is 1. The molecule has 1 amide bonds. The van der Waals surface area contributed by atoms with Crippen LogP contribution in [0.4, 0.5) is 0 Å². The highest BCUT2D eigenvalue weighted by Gasteiger charge is 2.29. The van der Waals surface area contributed by atoms with Gasteiger partial charge in [-0.05, 0) is 23.9 Å². The van der Waals surface area contributed by atoms with E-state index in [1.54, 1.807) is 11.3 Å². The number of sulfone groups is 1. The molecular formula is C12H14N2O3S2. The van der Waals surface area contributed by atoms with E-state index in [-0.39, 0.29) is 23.5 Å². The van der Waals surface area contributed by atoms with Crippen molar-refractivity contribution in [3.63, 3.8) is 0 Å². The Balaban J connectivity index is 1.81. The number of nitrogens with one attached hydrogen (secondary N) is 1. The van der Waals surface area contributed by atoms with Crippen LogP contribution in [0.1, 0.15) is 16.9 Å². The Morgan fingerprint density at radius 1 is 1.53 bits per heavy atom. The van der Waals surface area contributed by atoms with E-state index in [4.69, 9.17) is 0 Å². The molecule has 2 aromatic heterocycles. The van der Waals surface area contributed by atoms with Crippen LogP contribution < -0.4 is 5.32 Å². The van der Waals surface area contributed by atoms with Gasteiger partial charge in [0.2, 0.25) is 0 Å². The van der Waals surface area contributed by atoms with Gasteiger partial charge in [0.25, 0.3) is 5.91 Å². The molecule has 0 aromatic carbocycles. The molecule has 5 nitrogen and oxygen atoms in total. The fourth-order valence-corrected chi connectivity index (χ4v) is 4.96. The van der Waals surface area contributed by atoms with Gasteiger partial charge in [0.1, 0.15) is 5.69 Å². The highest BCUT2D eigenvalue weighted by atomic mass is 32.2. The molecule has 0 bridgehead atoms. The van der Waals surface area contributed by atoms with Crippen molar-refractivity contribution in [3.05, 3.63) is 23.2 Å². The lowest BCUT2D eigenvalue weighted by Gasteiger charge is -2.11. The average Bonchev–Trinajstić information content (AvgIpc) is 2.97. The molecule has 7 heteroatoms. The summed E-state index contributed by atoms with van der Waals surface area (Å²) in [7, 11) is -1.12. The standard InChI is InChI=1S/C12H14N2O3S2/c1-14-9-2-4-18-11(9)6-10(14)12(15)13-8-3-5-19(16,17)7-8/h2,4,6,8H,3,5,7H2,1H3,(H,13,15)/t8-/m1/s1. The summed E-state index contributed by atoms with van der Waals surface area (Å²) >= 11 is 1.59. The van der Waals surface area contributed by atoms with Gasteiger partial charge in [-0.2, -0.15) is 0 Å². The molecule has 1 aliphatic heterocycles. The summed E-state index contributed by atoms with van der Waals surface area (Å²) < 4.78 is 25.6. The number of hydrogen-bond acceptors (Lipinski definition) is 4. The van der Waals surface area contributed by atoms with E-state index in [0.29, 0.717) is 12.1 Å². The Labute approximate surface area is 115 Å². The number of amides is 1. The maximum atomic E-state index is 12.2. The lowest BCUT2D eigenvalue weighted by atomic mass is 10.2. The summed E-state index contributed by atoms with van der Waals surface area (Å²) in [4.78, 5) is 12.2. The van der Waals surface area contributed by atoms with Crippen molar-refractivity contribution >= 4 is 37.3 Å². The van der Waals surface area contributed by atoms with Crippen LogP contribution in [0.15, 0.2) is 17.5 Å². The molecule has 2 aromatic rings. The topological polar surface area (TPSA) is 68.2 Å². The third kappa shape index (κ3) is 2.28. The molecule has 0 saturated carbocycles. The van der Waals surface area contributed by atoms with Crippen LogP contribution >= 0.6 is 11.3 Å². The van der Waals surface area contributed by atoms with E-state index >= 15 is 0 Å². The fourth-order valence-electron chi connectivity index (χ4n) is 2.44. The Hall–Kier alpha value is -1.34. The normalized spacial score (nSPS) is 21.8. The molecule has 19 heavy (non-hydrogen) atoms. The SMILES string of the molecule is Cn1c(C(=O)N[C@@H]2CCS(=O)(=O)C2)cc2sccc21. The minimum absolute atomic E-state index is 0.0531. The lowest BCUT2D eigenvalue weighted by Crippen LogP contribution is -2.36. The molecule has 3 heterocycles. The van der Waals surface area contributed by atoms with Crippen LogP contribution in [-0.2, 0) is 16.9 Å². The summed E-state index contributed by atoms with van der Waals surface area (Å²) in [5.41, 5.74) is 1.60. The molecule has 1 N–H and O–H groups in total.